The number of benzene rings is 1. The third kappa shape index (κ3) is 2.85. The lowest BCUT2D eigenvalue weighted by atomic mass is 10.3. The van der Waals surface area contributed by atoms with E-state index in [0.717, 1.165) is 5.75 Å². The van der Waals surface area contributed by atoms with Crippen molar-refractivity contribution in [2.75, 3.05) is 11.9 Å². The Morgan fingerprint density at radius 1 is 1.39 bits per heavy atom. The number of anilines is 1. The number of carbonyl (C=O) groups is 1. The molecule has 6 heteroatoms. The highest BCUT2D eigenvalue weighted by atomic mass is 16.5. The van der Waals surface area contributed by atoms with Crippen LogP contribution < -0.4 is 10.1 Å². The summed E-state index contributed by atoms with van der Waals surface area (Å²) in [5.41, 5.74) is 0.973. The van der Waals surface area contributed by atoms with E-state index < -0.39 is 0 Å². The molecule has 1 aromatic heterocycles. The maximum atomic E-state index is 11.8. The lowest BCUT2D eigenvalue weighted by Gasteiger charge is -2.05. The fourth-order valence-corrected chi connectivity index (χ4v) is 1.45. The van der Waals surface area contributed by atoms with Gasteiger partial charge in [-0.3, -0.25) is 4.79 Å². The van der Waals surface area contributed by atoms with Crippen molar-refractivity contribution in [2.24, 2.45) is 7.05 Å². The minimum atomic E-state index is -0.285. The van der Waals surface area contributed by atoms with Crippen LogP contribution in [0.15, 0.2) is 30.5 Å². The van der Waals surface area contributed by atoms with Crippen LogP contribution in [0.25, 0.3) is 0 Å². The smallest absolute Gasteiger partial charge is 0.277 e. The van der Waals surface area contributed by atoms with E-state index in [2.05, 4.69) is 15.5 Å². The predicted octanol–water partition coefficient (Wildman–Crippen LogP) is 1.47. The first-order valence-electron chi connectivity index (χ1n) is 5.59. The highest BCUT2D eigenvalue weighted by Gasteiger charge is 2.09. The summed E-state index contributed by atoms with van der Waals surface area (Å²) in [5, 5.41) is 10.5. The third-order valence-electron chi connectivity index (χ3n) is 2.26. The Hall–Kier alpha value is -2.37. The summed E-state index contributed by atoms with van der Waals surface area (Å²) in [6.07, 6.45) is 1.42. The number of aromatic nitrogens is 3. The summed E-state index contributed by atoms with van der Waals surface area (Å²) in [5.74, 6) is 0.488. The van der Waals surface area contributed by atoms with Gasteiger partial charge in [-0.2, -0.15) is 9.90 Å². The van der Waals surface area contributed by atoms with E-state index in [1.54, 1.807) is 31.3 Å². The molecule has 2 rings (SSSR count). The van der Waals surface area contributed by atoms with Crippen LogP contribution in [-0.4, -0.2) is 27.5 Å². The molecule has 6 nitrogen and oxygen atoms in total. The van der Waals surface area contributed by atoms with Crippen LogP contribution in [-0.2, 0) is 7.05 Å². The summed E-state index contributed by atoms with van der Waals surface area (Å²) in [6.45, 7) is 2.54. The van der Waals surface area contributed by atoms with Gasteiger partial charge in [-0.25, -0.2) is 0 Å². The maximum Gasteiger partial charge on any atom is 0.277 e. The molecule has 0 saturated carbocycles. The molecule has 1 N–H and O–H groups in total. The molecule has 0 fully saturated rings. The second-order valence-electron chi connectivity index (χ2n) is 3.63. The summed E-state index contributed by atoms with van der Waals surface area (Å²) >= 11 is 0. The topological polar surface area (TPSA) is 69.0 Å². The molecule has 0 unspecified atom stereocenters. The molecular weight excluding hydrogens is 232 g/mol. The largest absolute Gasteiger partial charge is 0.494 e. The van der Waals surface area contributed by atoms with Crippen molar-refractivity contribution >= 4 is 11.6 Å². The molecule has 2 aromatic rings. The number of nitrogens with zero attached hydrogens (tertiary/aromatic N) is 3. The Labute approximate surface area is 105 Å². The number of ether oxygens (including phenoxy) is 1. The third-order valence-corrected chi connectivity index (χ3v) is 2.26. The van der Waals surface area contributed by atoms with Crippen molar-refractivity contribution in [2.45, 2.75) is 6.92 Å². The first-order valence-corrected chi connectivity index (χ1v) is 5.59. The average molecular weight is 246 g/mol. The maximum absolute atomic E-state index is 11.8. The van der Waals surface area contributed by atoms with Gasteiger partial charge in [0.15, 0.2) is 5.69 Å². The number of rotatable bonds is 4. The highest BCUT2D eigenvalue weighted by Crippen LogP contribution is 2.15. The molecule has 1 heterocycles. The number of carbonyl (C=O) groups excluding carboxylic acids is 1. The molecule has 1 amide bonds. The Balaban J connectivity index is 2.03. The van der Waals surface area contributed by atoms with Gasteiger partial charge in [0, 0.05) is 12.7 Å². The molecule has 0 radical (unpaired) electrons. The Kier molecular flexibility index (Phi) is 3.57. The minimum absolute atomic E-state index is 0.284. The van der Waals surface area contributed by atoms with Gasteiger partial charge in [-0.05, 0) is 31.2 Å². The molecule has 0 atom stereocenters. The van der Waals surface area contributed by atoms with Gasteiger partial charge < -0.3 is 10.1 Å². The lowest BCUT2D eigenvalue weighted by molar-refractivity contribution is 0.102. The summed E-state index contributed by atoms with van der Waals surface area (Å²) in [4.78, 5) is 13.1. The van der Waals surface area contributed by atoms with Gasteiger partial charge in [-0.1, -0.05) is 0 Å². The van der Waals surface area contributed by atoms with E-state index in [1.165, 1.54) is 11.0 Å². The Bertz CT molecular complexity index is 533. The second kappa shape index (κ2) is 5.31. The fourth-order valence-electron chi connectivity index (χ4n) is 1.45. The number of nitrogens with one attached hydrogen (secondary N) is 1. The van der Waals surface area contributed by atoms with Gasteiger partial charge in [0.25, 0.3) is 5.91 Å². The molecule has 18 heavy (non-hydrogen) atoms. The van der Waals surface area contributed by atoms with E-state index in [9.17, 15) is 4.79 Å². The monoisotopic (exact) mass is 246 g/mol. The van der Waals surface area contributed by atoms with Crippen LogP contribution in [0.2, 0.25) is 0 Å². The Morgan fingerprint density at radius 3 is 2.67 bits per heavy atom. The minimum Gasteiger partial charge on any atom is -0.494 e. The summed E-state index contributed by atoms with van der Waals surface area (Å²) < 4.78 is 5.32. The van der Waals surface area contributed by atoms with Crippen LogP contribution >= 0.6 is 0 Å². The second-order valence-corrected chi connectivity index (χ2v) is 3.63. The SMILES string of the molecule is CCOc1ccc(NC(=O)c2cnn(C)n2)cc1. The lowest BCUT2D eigenvalue weighted by Crippen LogP contribution is -2.12. The van der Waals surface area contributed by atoms with Crippen LogP contribution in [0.4, 0.5) is 5.69 Å². The van der Waals surface area contributed by atoms with Crippen molar-refractivity contribution in [3.8, 4) is 5.75 Å². The average Bonchev–Trinajstić information content (AvgIpc) is 2.79. The molecule has 0 spiro atoms. The highest BCUT2D eigenvalue weighted by molar-refractivity contribution is 6.02. The van der Waals surface area contributed by atoms with E-state index in [-0.39, 0.29) is 11.6 Å². The summed E-state index contributed by atoms with van der Waals surface area (Å²) in [6, 6.07) is 7.16. The summed E-state index contributed by atoms with van der Waals surface area (Å²) in [7, 11) is 1.66. The molecule has 0 aliphatic carbocycles. The zero-order chi connectivity index (χ0) is 13.0. The standard InChI is InChI=1S/C12H14N4O2/c1-3-18-10-6-4-9(5-7-10)14-12(17)11-8-13-16(2)15-11/h4-8H,3H2,1-2H3,(H,14,17). The Morgan fingerprint density at radius 2 is 2.11 bits per heavy atom. The van der Waals surface area contributed by atoms with Crippen molar-refractivity contribution < 1.29 is 9.53 Å². The van der Waals surface area contributed by atoms with Crippen molar-refractivity contribution in [3.63, 3.8) is 0 Å². The predicted molar refractivity (Wildman–Crippen MR) is 66.6 cm³/mol. The van der Waals surface area contributed by atoms with Crippen molar-refractivity contribution in [1.82, 2.24) is 15.0 Å². The van der Waals surface area contributed by atoms with Gasteiger partial charge in [0.2, 0.25) is 0 Å². The van der Waals surface area contributed by atoms with Gasteiger partial charge in [0.05, 0.1) is 12.8 Å². The van der Waals surface area contributed by atoms with Crippen LogP contribution in [0, 0.1) is 0 Å². The van der Waals surface area contributed by atoms with Crippen LogP contribution in [0.3, 0.4) is 0 Å². The van der Waals surface area contributed by atoms with Gasteiger partial charge in [0.1, 0.15) is 5.75 Å². The van der Waals surface area contributed by atoms with Gasteiger partial charge in [-0.15, -0.1) is 5.10 Å². The van der Waals surface area contributed by atoms with Gasteiger partial charge >= 0.3 is 0 Å². The molecule has 0 saturated heterocycles. The molecular formula is C12H14N4O2. The quantitative estimate of drug-likeness (QED) is 0.886. The van der Waals surface area contributed by atoms with E-state index in [4.69, 9.17) is 4.74 Å². The molecule has 0 aliphatic rings. The first kappa shape index (κ1) is 12.1. The zero-order valence-corrected chi connectivity index (χ0v) is 10.3. The van der Waals surface area contributed by atoms with E-state index >= 15 is 0 Å². The normalized spacial score (nSPS) is 10.1. The number of hydrogen-bond donors (Lipinski definition) is 1. The number of amides is 1. The van der Waals surface area contributed by atoms with Crippen LogP contribution in [0.5, 0.6) is 5.75 Å². The zero-order valence-electron chi connectivity index (χ0n) is 10.3. The molecule has 0 bridgehead atoms. The van der Waals surface area contributed by atoms with Crippen LogP contribution in [0.1, 0.15) is 17.4 Å². The molecule has 94 valence electrons. The first-order chi connectivity index (χ1) is 8.69. The number of aryl methyl sites for hydroxylation is 1. The molecule has 0 aliphatic heterocycles. The van der Waals surface area contributed by atoms with E-state index in [1.807, 2.05) is 6.92 Å². The molecule has 1 aromatic carbocycles. The number of hydrogen-bond acceptors (Lipinski definition) is 4. The van der Waals surface area contributed by atoms with Crippen molar-refractivity contribution in [1.29, 1.82) is 0 Å². The van der Waals surface area contributed by atoms with E-state index in [0.29, 0.717) is 12.3 Å². The fraction of sp³-hybridized carbons (Fsp3) is 0.250. The van der Waals surface area contributed by atoms with Crippen molar-refractivity contribution in [3.05, 3.63) is 36.2 Å².